The summed E-state index contributed by atoms with van der Waals surface area (Å²) < 4.78 is 0. The van der Waals surface area contributed by atoms with Gasteiger partial charge >= 0.3 is 6.03 Å². The molecule has 0 unspecified atom stereocenters. The van der Waals surface area contributed by atoms with E-state index >= 15 is 0 Å². The van der Waals surface area contributed by atoms with Crippen molar-refractivity contribution < 1.29 is 9.59 Å². The fraction of sp³-hybridized carbons (Fsp3) is 0.333. The van der Waals surface area contributed by atoms with Gasteiger partial charge in [0.05, 0.1) is 0 Å². The third-order valence-electron chi connectivity index (χ3n) is 2.15. The van der Waals surface area contributed by atoms with Gasteiger partial charge in [-0.25, -0.2) is 4.79 Å². The van der Waals surface area contributed by atoms with E-state index in [1.54, 1.807) is 0 Å². The second-order valence-electron chi connectivity index (χ2n) is 3.66. The second kappa shape index (κ2) is 6.91. The van der Waals surface area contributed by atoms with E-state index in [1.807, 2.05) is 31.2 Å². The Kier molecular flexibility index (Phi) is 5.49. The van der Waals surface area contributed by atoms with Gasteiger partial charge in [-0.05, 0) is 12.5 Å². The van der Waals surface area contributed by atoms with E-state index in [9.17, 15) is 9.59 Å². The molecule has 0 saturated heterocycles. The van der Waals surface area contributed by atoms with Crippen molar-refractivity contribution in [3.8, 4) is 0 Å². The van der Waals surface area contributed by atoms with E-state index in [1.165, 1.54) is 0 Å². The minimum Gasteiger partial charge on any atom is -0.334 e. The number of amides is 3. The second-order valence-corrected chi connectivity index (χ2v) is 4.03. The summed E-state index contributed by atoms with van der Waals surface area (Å²) in [6.45, 7) is 2.38. The highest BCUT2D eigenvalue weighted by molar-refractivity contribution is 6.19. The van der Waals surface area contributed by atoms with Crippen LogP contribution in [0.25, 0.3) is 0 Å². The molecule has 2 N–H and O–H groups in total. The van der Waals surface area contributed by atoms with E-state index in [4.69, 9.17) is 11.6 Å². The molecule has 1 aromatic carbocycles. The number of hydrogen-bond acceptors (Lipinski definition) is 2. The number of carbonyl (C=O) groups is 2. The van der Waals surface area contributed by atoms with Crippen LogP contribution in [0.5, 0.6) is 0 Å². The van der Waals surface area contributed by atoms with Gasteiger partial charge in [0.25, 0.3) is 0 Å². The first kappa shape index (κ1) is 13.5. The monoisotopic (exact) mass is 254 g/mol. The summed E-state index contributed by atoms with van der Waals surface area (Å²) >= 11 is 5.38. The number of urea groups is 1. The van der Waals surface area contributed by atoms with Gasteiger partial charge in [-0.15, -0.1) is 11.6 Å². The number of benzene rings is 1. The Bertz CT molecular complexity index is 390. The maximum Gasteiger partial charge on any atom is 0.321 e. The summed E-state index contributed by atoms with van der Waals surface area (Å²) in [5.74, 6) is -0.168. The zero-order valence-corrected chi connectivity index (χ0v) is 10.4. The van der Waals surface area contributed by atoms with Crippen LogP contribution < -0.4 is 10.6 Å². The molecule has 1 rings (SSSR count). The first-order valence-corrected chi connectivity index (χ1v) is 5.84. The number of aryl methyl sites for hydroxylation is 1. The van der Waals surface area contributed by atoms with Crippen molar-refractivity contribution in [1.29, 1.82) is 0 Å². The standard InChI is InChI=1S/C12H15ClN2O2/c1-9-2-4-10(5-3-9)8-14-12(17)15-11(16)6-7-13/h2-5H,6-8H2,1H3,(H2,14,15,16,17). The van der Waals surface area contributed by atoms with Crippen LogP contribution in [0.2, 0.25) is 0 Å². The molecular formula is C12H15ClN2O2. The molecule has 0 aromatic heterocycles. The Balaban J connectivity index is 2.33. The lowest BCUT2D eigenvalue weighted by Crippen LogP contribution is -2.39. The van der Waals surface area contributed by atoms with Gasteiger partial charge in [0.1, 0.15) is 0 Å². The van der Waals surface area contributed by atoms with Gasteiger partial charge in [0, 0.05) is 18.8 Å². The SMILES string of the molecule is Cc1ccc(CNC(=O)NC(=O)CCCl)cc1. The highest BCUT2D eigenvalue weighted by Crippen LogP contribution is 2.02. The summed E-state index contributed by atoms with van der Waals surface area (Å²) in [5.41, 5.74) is 2.14. The molecule has 0 saturated carbocycles. The molecule has 4 nitrogen and oxygen atoms in total. The molecule has 0 bridgehead atoms. The lowest BCUT2D eigenvalue weighted by Gasteiger charge is -2.06. The highest BCUT2D eigenvalue weighted by atomic mass is 35.5. The van der Waals surface area contributed by atoms with Crippen LogP contribution in [0.1, 0.15) is 17.5 Å². The molecule has 0 heterocycles. The third kappa shape index (κ3) is 5.36. The van der Waals surface area contributed by atoms with Crippen molar-refractivity contribution in [1.82, 2.24) is 10.6 Å². The van der Waals surface area contributed by atoms with Gasteiger partial charge in [0.15, 0.2) is 0 Å². The summed E-state index contributed by atoms with van der Waals surface area (Å²) in [4.78, 5) is 22.3. The van der Waals surface area contributed by atoms with Crippen molar-refractivity contribution in [2.45, 2.75) is 19.9 Å². The molecule has 0 radical (unpaired) electrons. The quantitative estimate of drug-likeness (QED) is 0.807. The molecule has 0 aliphatic rings. The number of nitrogens with one attached hydrogen (secondary N) is 2. The fourth-order valence-electron chi connectivity index (χ4n) is 1.21. The molecule has 0 fully saturated rings. The molecule has 5 heteroatoms. The van der Waals surface area contributed by atoms with Crippen molar-refractivity contribution >= 4 is 23.5 Å². The number of hydrogen-bond donors (Lipinski definition) is 2. The maximum atomic E-state index is 11.3. The van der Waals surface area contributed by atoms with Crippen LogP contribution in [0, 0.1) is 6.92 Å². The minimum atomic E-state index is -0.499. The van der Waals surface area contributed by atoms with Crippen LogP contribution in [0.4, 0.5) is 4.79 Å². The largest absolute Gasteiger partial charge is 0.334 e. The molecule has 0 spiro atoms. The minimum absolute atomic E-state index is 0.138. The van der Waals surface area contributed by atoms with Crippen molar-refractivity contribution in [2.24, 2.45) is 0 Å². The lowest BCUT2D eigenvalue weighted by atomic mass is 10.1. The van der Waals surface area contributed by atoms with Crippen molar-refractivity contribution in [3.63, 3.8) is 0 Å². The van der Waals surface area contributed by atoms with Gasteiger partial charge < -0.3 is 5.32 Å². The lowest BCUT2D eigenvalue weighted by molar-refractivity contribution is -0.119. The summed E-state index contributed by atoms with van der Waals surface area (Å²) in [6.07, 6.45) is 0.138. The zero-order valence-electron chi connectivity index (χ0n) is 9.63. The van der Waals surface area contributed by atoms with Crippen LogP contribution in [-0.4, -0.2) is 17.8 Å². The van der Waals surface area contributed by atoms with E-state index in [2.05, 4.69) is 10.6 Å². The first-order chi connectivity index (χ1) is 8.11. The maximum absolute atomic E-state index is 11.3. The number of alkyl halides is 1. The molecule has 3 amide bonds. The Labute approximate surface area is 105 Å². The number of imide groups is 1. The molecule has 92 valence electrons. The van der Waals surface area contributed by atoms with E-state index < -0.39 is 6.03 Å². The van der Waals surface area contributed by atoms with Crippen molar-refractivity contribution in [3.05, 3.63) is 35.4 Å². The normalized spacial score (nSPS) is 9.76. The van der Waals surface area contributed by atoms with Gasteiger partial charge in [-0.1, -0.05) is 29.8 Å². The zero-order chi connectivity index (χ0) is 12.7. The van der Waals surface area contributed by atoms with Crippen LogP contribution in [0.3, 0.4) is 0 Å². The molecule has 1 aromatic rings. The summed E-state index contributed by atoms with van der Waals surface area (Å²) in [5, 5.41) is 4.78. The topological polar surface area (TPSA) is 58.2 Å². The molecule has 17 heavy (non-hydrogen) atoms. The van der Waals surface area contributed by atoms with Crippen LogP contribution in [0.15, 0.2) is 24.3 Å². The predicted molar refractivity (Wildman–Crippen MR) is 66.9 cm³/mol. The van der Waals surface area contributed by atoms with E-state index in [0.717, 1.165) is 11.1 Å². The smallest absolute Gasteiger partial charge is 0.321 e. The fourth-order valence-corrected chi connectivity index (χ4v) is 1.38. The van der Waals surface area contributed by atoms with E-state index in [0.29, 0.717) is 6.54 Å². The van der Waals surface area contributed by atoms with Crippen LogP contribution in [-0.2, 0) is 11.3 Å². The van der Waals surface area contributed by atoms with E-state index in [-0.39, 0.29) is 18.2 Å². The van der Waals surface area contributed by atoms with Gasteiger partial charge in [-0.3, -0.25) is 10.1 Å². The Morgan fingerprint density at radius 2 is 1.88 bits per heavy atom. The van der Waals surface area contributed by atoms with Crippen molar-refractivity contribution in [2.75, 3.05) is 5.88 Å². The van der Waals surface area contributed by atoms with Gasteiger partial charge in [0.2, 0.25) is 5.91 Å². The molecule has 0 aliphatic carbocycles. The summed E-state index contributed by atoms with van der Waals surface area (Å²) in [7, 11) is 0. The third-order valence-corrected chi connectivity index (χ3v) is 2.34. The Hall–Kier alpha value is -1.55. The average molecular weight is 255 g/mol. The molecule has 0 aliphatic heterocycles. The van der Waals surface area contributed by atoms with Crippen LogP contribution >= 0.6 is 11.6 Å². The molecular weight excluding hydrogens is 240 g/mol. The predicted octanol–water partition coefficient (Wildman–Crippen LogP) is 1.95. The molecule has 0 atom stereocenters. The average Bonchev–Trinajstić information content (AvgIpc) is 2.28. The first-order valence-electron chi connectivity index (χ1n) is 5.31. The highest BCUT2D eigenvalue weighted by Gasteiger charge is 2.05. The van der Waals surface area contributed by atoms with Gasteiger partial charge in [-0.2, -0.15) is 0 Å². The number of carbonyl (C=O) groups excluding carboxylic acids is 2. The Morgan fingerprint density at radius 3 is 2.47 bits per heavy atom. The summed E-state index contributed by atoms with van der Waals surface area (Å²) in [6, 6.07) is 7.29. The number of halogens is 1. The number of rotatable bonds is 4. The Morgan fingerprint density at radius 1 is 1.24 bits per heavy atom.